The van der Waals surface area contributed by atoms with Crippen LogP contribution in [0.4, 0.5) is 0 Å². The van der Waals surface area contributed by atoms with Crippen LogP contribution in [-0.2, 0) is 12.8 Å². The van der Waals surface area contributed by atoms with E-state index in [0.29, 0.717) is 6.42 Å². The highest BCUT2D eigenvalue weighted by atomic mass is 16.1. The zero-order valence-corrected chi connectivity index (χ0v) is 15.7. The number of carbonyl (C=O) groups is 1. The maximum absolute atomic E-state index is 12.2. The van der Waals surface area contributed by atoms with Crippen molar-refractivity contribution in [2.75, 3.05) is 19.6 Å². The lowest BCUT2D eigenvalue weighted by Crippen LogP contribution is -2.25. The van der Waals surface area contributed by atoms with Crippen LogP contribution in [0.5, 0.6) is 0 Å². The zero-order chi connectivity index (χ0) is 17.9. The van der Waals surface area contributed by atoms with Gasteiger partial charge in [-0.3, -0.25) is 4.79 Å². The predicted molar refractivity (Wildman–Crippen MR) is 106 cm³/mol. The van der Waals surface area contributed by atoms with Crippen molar-refractivity contribution in [3.05, 3.63) is 71.3 Å². The standard InChI is InChI=1S/C23H31NO/c1-3-24(4-2)19-18-21-14-9-8-12-20(21)13-10-11-17-23(25)22-15-6-5-7-16-22/h5-9,12,14-16H,3-4,10-11,13,17-19H2,1-2H3. The van der Waals surface area contributed by atoms with Crippen LogP contribution in [0.25, 0.3) is 0 Å². The fourth-order valence-electron chi connectivity index (χ4n) is 3.23. The first-order valence-electron chi connectivity index (χ1n) is 9.62. The van der Waals surface area contributed by atoms with Crippen molar-refractivity contribution in [2.45, 2.75) is 46.0 Å². The Labute approximate surface area is 152 Å². The Morgan fingerprint density at radius 2 is 1.40 bits per heavy atom. The number of rotatable bonds is 11. The predicted octanol–water partition coefficient (Wildman–Crippen LogP) is 5.17. The molecule has 134 valence electrons. The molecule has 0 saturated heterocycles. The maximum Gasteiger partial charge on any atom is 0.162 e. The minimum atomic E-state index is 0.260. The molecule has 2 aromatic rings. The molecule has 25 heavy (non-hydrogen) atoms. The highest BCUT2D eigenvalue weighted by Gasteiger charge is 2.07. The average Bonchev–Trinajstić information content (AvgIpc) is 2.67. The van der Waals surface area contributed by atoms with E-state index in [9.17, 15) is 4.79 Å². The summed E-state index contributed by atoms with van der Waals surface area (Å²) >= 11 is 0. The van der Waals surface area contributed by atoms with Gasteiger partial charge in [-0.1, -0.05) is 68.4 Å². The number of Topliss-reactive ketones (excluding diaryl/α,β-unsaturated/α-hetero) is 1. The molecule has 0 atom stereocenters. The molecule has 0 amide bonds. The van der Waals surface area contributed by atoms with Crippen molar-refractivity contribution in [3.63, 3.8) is 0 Å². The number of aryl methyl sites for hydroxylation is 1. The third kappa shape index (κ3) is 6.47. The Balaban J connectivity index is 1.79. The van der Waals surface area contributed by atoms with E-state index in [4.69, 9.17) is 0 Å². The first-order valence-corrected chi connectivity index (χ1v) is 9.62. The molecule has 0 radical (unpaired) electrons. The highest BCUT2D eigenvalue weighted by molar-refractivity contribution is 5.95. The van der Waals surface area contributed by atoms with Gasteiger partial charge in [-0.15, -0.1) is 0 Å². The summed E-state index contributed by atoms with van der Waals surface area (Å²) in [6, 6.07) is 18.4. The molecule has 0 aliphatic rings. The number of benzene rings is 2. The lowest BCUT2D eigenvalue weighted by Gasteiger charge is -2.19. The number of nitrogens with zero attached hydrogens (tertiary/aromatic N) is 1. The molecule has 0 spiro atoms. The van der Waals surface area contributed by atoms with Gasteiger partial charge in [0.05, 0.1) is 0 Å². The van der Waals surface area contributed by atoms with Crippen LogP contribution in [-0.4, -0.2) is 30.3 Å². The summed E-state index contributed by atoms with van der Waals surface area (Å²) < 4.78 is 0. The molecule has 0 saturated carbocycles. The van der Waals surface area contributed by atoms with E-state index in [-0.39, 0.29) is 5.78 Å². The van der Waals surface area contributed by atoms with E-state index >= 15 is 0 Å². The maximum atomic E-state index is 12.2. The Kier molecular flexibility index (Phi) is 8.41. The minimum Gasteiger partial charge on any atom is -0.304 e. The molecule has 2 heteroatoms. The lowest BCUT2D eigenvalue weighted by molar-refractivity contribution is 0.0979. The Hall–Kier alpha value is -1.93. The summed E-state index contributed by atoms with van der Waals surface area (Å²) in [5, 5.41) is 0. The molecule has 0 heterocycles. The van der Waals surface area contributed by atoms with Crippen LogP contribution in [0.2, 0.25) is 0 Å². The fraction of sp³-hybridized carbons (Fsp3) is 0.435. The molecule has 0 unspecified atom stereocenters. The Bertz CT molecular complexity index is 632. The van der Waals surface area contributed by atoms with Gasteiger partial charge in [0, 0.05) is 18.5 Å². The van der Waals surface area contributed by atoms with Crippen molar-refractivity contribution in [1.82, 2.24) is 4.90 Å². The van der Waals surface area contributed by atoms with Crippen LogP contribution in [0, 0.1) is 0 Å². The van der Waals surface area contributed by atoms with Gasteiger partial charge in [-0.25, -0.2) is 0 Å². The molecular weight excluding hydrogens is 306 g/mol. The molecule has 2 nitrogen and oxygen atoms in total. The van der Waals surface area contributed by atoms with Crippen LogP contribution in [0.1, 0.15) is 54.6 Å². The van der Waals surface area contributed by atoms with Crippen molar-refractivity contribution in [3.8, 4) is 0 Å². The quantitative estimate of drug-likeness (QED) is 0.416. The minimum absolute atomic E-state index is 0.260. The van der Waals surface area contributed by atoms with Crippen molar-refractivity contribution >= 4 is 5.78 Å². The van der Waals surface area contributed by atoms with Gasteiger partial charge in [-0.2, -0.15) is 0 Å². The Morgan fingerprint density at radius 1 is 0.800 bits per heavy atom. The number of likely N-dealkylation sites (N-methyl/N-ethyl adjacent to an activating group) is 1. The summed E-state index contributed by atoms with van der Waals surface area (Å²) in [7, 11) is 0. The molecule has 0 bridgehead atoms. The first kappa shape index (κ1) is 19.4. The van der Waals surface area contributed by atoms with E-state index in [1.807, 2.05) is 30.3 Å². The second-order valence-corrected chi connectivity index (χ2v) is 6.54. The normalized spacial score (nSPS) is 11.0. The smallest absolute Gasteiger partial charge is 0.162 e. The molecule has 0 aliphatic heterocycles. The second-order valence-electron chi connectivity index (χ2n) is 6.54. The van der Waals surface area contributed by atoms with E-state index in [0.717, 1.165) is 50.9 Å². The van der Waals surface area contributed by atoms with Crippen molar-refractivity contribution in [1.29, 1.82) is 0 Å². The van der Waals surface area contributed by atoms with E-state index in [2.05, 4.69) is 43.0 Å². The molecule has 0 fully saturated rings. The topological polar surface area (TPSA) is 20.3 Å². The number of hydrogen-bond acceptors (Lipinski definition) is 2. The van der Waals surface area contributed by atoms with E-state index in [1.165, 1.54) is 11.1 Å². The number of hydrogen-bond donors (Lipinski definition) is 0. The lowest BCUT2D eigenvalue weighted by atomic mass is 9.98. The molecular formula is C23H31NO. The van der Waals surface area contributed by atoms with Gasteiger partial charge in [-0.05, 0) is 49.9 Å². The number of ketones is 1. The third-order valence-electron chi connectivity index (χ3n) is 4.91. The summed E-state index contributed by atoms with van der Waals surface area (Å²) in [5.74, 6) is 0.260. The first-order chi connectivity index (χ1) is 12.2. The molecule has 0 aromatic heterocycles. The van der Waals surface area contributed by atoms with Crippen molar-refractivity contribution < 1.29 is 4.79 Å². The second kappa shape index (κ2) is 10.8. The summed E-state index contributed by atoms with van der Waals surface area (Å²) in [5.41, 5.74) is 3.74. The Morgan fingerprint density at radius 3 is 2.04 bits per heavy atom. The number of carbonyl (C=O) groups excluding carboxylic acids is 1. The van der Waals surface area contributed by atoms with Gasteiger partial charge in [0.1, 0.15) is 0 Å². The summed E-state index contributed by atoms with van der Waals surface area (Å²) in [6.07, 6.45) is 4.85. The third-order valence-corrected chi connectivity index (χ3v) is 4.91. The van der Waals surface area contributed by atoms with Gasteiger partial charge in [0.2, 0.25) is 0 Å². The van der Waals surface area contributed by atoms with Crippen LogP contribution < -0.4 is 0 Å². The number of unbranched alkanes of at least 4 members (excludes halogenated alkanes) is 1. The molecule has 0 N–H and O–H groups in total. The monoisotopic (exact) mass is 337 g/mol. The van der Waals surface area contributed by atoms with Crippen LogP contribution >= 0.6 is 0 Å². The van der Waals surface area contributed by atoms with Crippen molar-refractivity contribution in [2.24, 2.45) is 0 Å². The fourth-order valence-corrected chi connectivity index (χ4v) is 3.23. The molecule has 2 aromatic carbocycles. The SMILES string of the molecule is CCN(CC)CCc1ccccc1CCCCC(=O)c1ccccc1. The summed E-state index contributed by atoms with van der Waals surface area (Å²) in [6.45, 7) is 7.79. The van der Waals surface area contributed by atoms with E-state index in [1.54, 1.807) is 0 Å². The highest BCUT2D eigenvalue weighted by Crippen LogP contribution is 2.15. The van der Waals surface area contributed by atoms with Crippen LogP contribution in [0.3, 0.4) is 0 Å². The van der Waals surface area contributed by atoms with Gasteiger partial charge < -0.3 is 4.90 Å². The average molecular weight is 338 g/mol. The summed E-state index contributed by atoms with van der Waals surface area (Å²) in [4.78, 5) is 14.6. The van der Waals surface area contributed by atoms with Gasteiger partial charge in [0.25, 0.3) is 0 Å². The zero-order valence-electron chi connectivity index (χ0n) is 15.7. The molecule has 2 rings (SSSR count). The van der Waals surface area contributed by atoms with Crippen LogP contribution in [0.15, 0.2) is 54.6 Å². The largest absolute Gasteiger partial charge is 0.304 e. The van der Waals surface area contributed by atoms with Gasteiger partial charge >= 0.3 is 0 Å². The van der Waals surface area contributed by atoms with Gasteiger partial charge in [0.15, 0.2) is 5.78 Å². The van der Waals surface area contributed by atoms with E-state index < -0.39 is 0 Å². The molecule has 0 aliphatic carbocycles.